The molecule has 0 atom stereocenters. The molecule has 6 heteroatoms. The fourth-order valence-corrected chi connectivity index (χ4v) is 1.98. The van der Waals surface area contributed by atoms with Crippen molar-refractivity contribution in [2.45, 2.75) is 25.4 Å². The molecule has 1 aromatic rings. The molecule has 0 aliphatic carbocycles. The summed E-state index contributed by atoms with van der Waals surface area (Å²) in [6.07, 6.45) is 0.957. The topological polar surface area (TPSA) is 52.6 Å². The van der Waals surface area contributed by atoms with Crippen LogP contribution in [0.1, 0.15) is 19.8 Å². The maximum absolute atomic E-state index is 13.4. The second-order valence-electron chi connectivity index (χ2n) is 5.04. The second-order valence-corrected chi connectivity index (χ2v) is 5.04. The summed E-state index contributed by atoms with van der Waals surface area (Å²) in [7, 11) is 0. The van der Waals surface area contributed by atoms with Gasteiger partial charge in [-0.2, -0.15) is 0 Å². The Labute approximate surface area is 110 Å². The lowest BCUT2D eigenvalue weighted by Gasteiger charge is -2.35. The lowest BCUT2D eigenvalue weighted by Crippen LogP contribution is -2.46. The number of nitrogens with zero attached hydrogens (tertiary/aromatic N) is 1. The van der Waals surface area contributed by atoms with Gasteiger partial charge >= 0.3 is 6.03 Å². The van der Waals surface area contributed by atoms with E-state index in [1.54, 1.807) is 6.92 Å². The summed E-state index contributed by atoms with van der Waals surface area (Å²) in [6.45, 7) is 2.53. The molecule has 2 amide bonds. The number of rotatable bonds is 1. The fraction of sp³-hybridized carbons (Fsp3) is 0.462. The smallest absolute Gasteiger partial charge is 0.321 e. The summed E-state index contributed by atoms with van der Waals surface area (Å²) in [4.78, 5) is 13.4. The highest BCUT2D eigenvalue weighted by molar-refractivity contribution is 5.89. The van der Waals surface area contributed by atoms with Crippen molar-refractivity contribution in [2.75, 3.05) is 18.4 Å². The quantitative estimate of drug-likeness (QED) is 0.823. The Balaban J connectivity index is 1.98. The third kappa shape index (κ3) is 3.41. The number of aliphatic hydroxyl groups is 1. The predicted molar refractivity (Wildman–Crippen MR) is 66.8 cm³/mol. The first kappa shape index (κ1) is 13.7. The van der Waals surface area contributed by atoms with E-state index in [0.717, 1.165) is 12.1 Å². The zero-order chi connectivity index (χ0) is 14.0. The summed E-state index contributed by atoms with van der Waals surface area (Å²) in [6, 6.07) is 2.54. The van der Waals surface area contributed by atoms with Crippen molar-refractivity contribution in [3.63, 3.8) is 0 Å². The van der Waals surface area contributed by atoms with Crippen LogP contribution in [-0.4, -0.2) is 34.7 Å². The molecule has 4 nitrogen and oxygen atoms in total. The van der Waals surface area contributed by atoms with E-state index >= 15 is 0 Å². The first-order valence-corrected chi connectivity index (χ1v) is 6.11. The first-order valence-electron chi connectivity index (χ1n) is 6.11. The number of amides is 2. The molecule has 19 heavy (non-hydrogen) atoms. The molecule has 1 aliphatic rings. The molecule has 2 rings (SSSR count). The number of urea groups is 1. The van der Waals surface area contributed by atoms with Crippen molar-refractivity contribution in [2.24, 2.45) is 0 Å². The van der Waals surface area contributed by atoms with Crippen molar-refractivity contribution in [3.8, 4) is 0 Å². The van der Waals surface area contributed by atoms with Gasteiger partial charge in [0, 0.05) is 19.2 Å². The van der Waals surface area contributed by atoms with Gasteiger partial charge < -0.3 is 15.3 Å². The minimum absolute atomic E-state index is 0.0521. The van der Waals surface area contributed by atoms with E-state index in [4.69, 9.17) is 0 Å². The Bertz CT molecular complexity index is 482. The van der Waals surface area contributed by atoms with E-state index in [-0.39, 0.29) is 5.69 Å². The van der Waals surface area contributed by atoms with Gasteiger partial charge in [-0.1, -0.05) is 0 Å². The second kappa shape index (κ2) is 5.13. The third-order valence-corrected chi connectivity index (χ3v) is 3.30. The molecule has 104 valence electrons. The Hall–Kier alpha value is -1.69. The maximum Gasteiger partial charge on any atom is 0.321 e. The van der Waals surface area contributed by atoms with Crippen molar-refractivity contribution < 1.29 is 18.7 Å². The van der Waals surface area contributed by atoms with Crippen LogP contribution < -0.4 is 5.32 Å². The average molecular weight is 270 g/mol. The molecular formula is C13H16F2N2O2. The summed E-state index contributed by atoms with van der Waals surface area (Å²) in [5.74, 6) is -1.50. The summed E-state index contributed by atoms with van der Waals surface area (Å²) >= 11 is 0. The molecular weight excluding hydrogens is 254 g/mol. The van der Waals surface area contributed by atoms with Gasteiger partial charge in [0.05, 0.1) is 11.3 Å². The van der Waals surface area contributed by atoms with E-state index < -0.39 is 23.3 Å². The highest BCUT2D eigenvalue weighted by Gasteiger charge is 2.29. The molecule has 0 saturated carbocycles. The number of anilines is 1. The van der Waals surface area contributed by atoms with Crippen LogP contribution in [0.15, 0.2) is 18.2 Å². The Kier molecular flexibility index (Phi) is 3.71. The summed E-state index contributed by atoms with van der Waals surface area (Å²) < 4.78 is 26.1. The number of piperidine rings is 1. The molecule has 1 heterocycles. The van der Waals surface area contributed by atoms with Crippen molar-refractivity contribution in [1.29, 1.82) is 0 Å². The van der Waals surface area contributed by atoms with Crippen LogP contribution in [0.3, 0.4) is 0 Å². The predicted octanol–water partition coefficient (Wildman–Crippen LogP) is 2.34. The Morgan fingerprint density at radius 1 is 1.37 bits per heavy atom. The Morgan fingerprint density at radius 3 is 2.58 bits per heavy atom. The zero-order valence-electron chi connectivity index (χ0n) is 10.6. The van der Waals surface area contributed by atoms with Gasteiger partial charge in [-0.05, 0) is 31.9 Å². The van der Waals surface area contributed by atoms with E-state index in [2.05, 4.69) is 5.32 Å². The van der Waals surface area contributed by atoms with E-state index in [0.29, 0.717) is 25.9 Å². The zero-order valence-corrected chi connectivity index (χ0v) is 10.6. The largest absolute Gasteiger partial charge is 0.390 e. The molecule has 0 spiro atoms. The number of likely N-dealkylation sites (tertiary alicyclic amines) is 1. The number of hydrogen-bond acceptors (Lipinski definition) is 2. The van der Waals surface area contributed by atoms with Gasteiger partial charge in [0.25, 0.3) is 0 Å². The fourth-order valence-electron chi connectivity index (χ4n) is 1.98. The standard InChI is InChI=1S/C13H16F2N2O2/c1-13(19)4-6-17(7-5-13)12(18)16-11-3-2-9(14)8-10(11)15/h2-3,8,19H,4-7H2,1H3,(H,16,18). The molecule has 1 aromatic carbocycles. The average Bonchev–Trinajstić information content (AvgIpc) is 2.32. The van der Waals surface area contributed by atoms with Crippen LogP contribution in [0.25, 0.3) is 0 Å². The molecule has 0 unspecified atom stereocenters. The summed E-state index contributed by atoms with van der Waals surface area (Å²) in [5, 5.41) is 12.2. The van der Waals surface area contributed by atoms with Gasteiger partial charge in [-0.15, -0.1) is 0 Å². The van der Waals surface area contributed by atoms with Crippen LogP contribution in [0.2, 0.25) is 0 Å². The monoisotopic (exact) mass is 270 g/mol. The van der Waals surface area contributed by atoms with Crippen LogP contribution in [0.4, 0.5) is 19.3 Å². The van der Waals surface area contributed by atoms with Crippen LogP contribution >= 0.6 is 0 Å². The molecule has 2 N–H and O–H groups in total. The molecule has 1 saturated heterocycles. The minimum atomic E-state index is -0.808. The number of carbonyl (C=O) groups is 1. The lowest BCUT2D eigenvalue weighted by atomic mass is 9.94. The summed E-state index contributed by atoms with van der Waals surface area (Å²) in [5.41, 5.74) is -0.804. The van der Waals surface area contributed by atoms with Crippen molar-refractivity contribution in [1.82, 2.24) is 4.90 Å². The van der Waals surface area contributed by atoms with Crippen LogP contribution in [0, 0.1) is 11.6 Å². The normalized spacial score (nSPS) is 18.2. The van der Waals surface area contributed by atoms with Gasteiger partial charge in [0.15, 0.2) is 0 Å². The Morgan fingerprint density at radius 2 is 2.00 bits per heavy atom. The molecule has 1 fully saturated rings. The number of benzene rings is 1. The van der Waals surface area contributed by atoms with E-state index in [1.165, 1.54) is 11.0 Å². The number of carbonyl (C=O) groups excluding carboxylic acids is 1. The van der Waals surface area contributed by atoms with Crippen molar-refractivity contribution in [3.05, 3.63) is 29.8 Å². The van der Waals surface area contributed by atoms with Gasteiger partial charge in [-0.3, -0.25) is 0 Å². The van der Waals surface area contributed by atoms with Gasteiger partial charge in [0.2, 0.25) is 0 Å². The first-order chi connectivity index (χ1) is 8.87. The molecule has 0 bridgehead atoms. The highest BCUT2D eigenvalue weighted by Crippen LogP contribution is 2.22. The number of nitrogens with one attached hydrogen (secondary N) is 1. The third-order valence-electron chi connectivity index (χ3n) is 3.30. The lowest BCUT2D eigenvalue weighted by molar-refractivity contribution is 0.00569. The number of hydrogen-bond donors (Lipinski definition) is 2. The highest BCUT2D eigenvalue weighted by atomic mass is 19.1. The minimum Gasteiger partial charge on any atom is -0.390 e. The van der Waals surface area contributed by atoms with Crippen LogP contribution in [-0.2, 0) is 0 Å². The van der Waals surface area contributed by atoms with Crippen molar-refractivity contribution >= 4 is 11.7 Å². The van der Waals surface area contributed by atoms with E-state index in [1.807, 2.05) is 0 Å². The molecule has 0 radical (unpaired) electrons. The van der Waals surface area contributed by atoms with E-state index in [9.17, 15) is 18.7 Å². The molecule has 0 aromatic heterocycles. The molecule has 1 aliphatic heterocycles. The van der Waals surface area contributed by atoms with Gasteiger partial charge in [0.1, 0.15) is 11.6 Å². The SMILES string of the molecule is CC1(O)CCN(C(=O)Nc2ccc(F)cc2F)CC1. The number of halogens is 2. The van der Waals surface area contributed by atoms with Gasteiger partial charge in [-0.25, -0.2) is 13.6 Å². The van der Waals surface area contributed by atoms with Crippen LogP contribution in [0.5, 0.6) is 0 Å². The maximum atomic E-state index is 13.4.